The average Bonchev–Trinajstić information content (AvgIpc) is 3.10. The first-order valence-electron chi connectivity index (χ1n) is 6.56. The molecule has 20 heavy (non-hydrogen) atoms. The number of hydrogen-bond donors (Lipinski definition) is 2. The topological polar surface area (TPSA) is 110 Å². The Hall–Kier alpha value is -1.64. The first kappa shape index (κ1) is 13.3. The first-order valence-corrected chi connectivity index (χ1v) is 7.54. The van der Waals surface area contributed by atoms with E-state index in [-0.39, 0.29) is 11.7 Å². The normalized spacial score (nSPS) is 20.2. The van der Waals surface area contributed by atoms with Gasteiger partial charge in [-0.3, -0.25) is 4.79 Å². The second kappa shape index (κ2) is 5.04. The summed E-state index contributed by atoms with van der Waals surface area (Å²) in [6, 6.07) is 0.354. The van der Waals surface area contributed by atoms with Crippen LogP contribution in [0.15, 0.2) is 5.16 Å². The fourth-order valence-corrected chi connectivity index (χ4v) is 2.93. The molecule has 0 saturated heterocycles. The lowest BCUT2D eigenvalue weighted by molar-refractivity contribution is -0.151. The second-order valence-corrected chi connectivity index (χ2v) is 6.16. The van der Waals surface area contributed by atoms with Gasteiger partial charge >= 0.3 is 5.97 Å². The predicted molar refractivity (Wildman–Crippen MR) is 69.2 cm³/mol. The number of nitrogens with zero attached hydrogens (tertiary/aromatic N) is 4. The van der Waals surface area contributed by atoms with Crippen molar-refractivity contribution in [3.63, 3.8) is 0 Å². The van der Waals surface area contributed by atoms with Gasteiger partial charge in [0.15, 0.2) is 0 Å². The number of hydrogen-bond acceptors (Lipinski definition) is 6. The van der Waals surface area contributed by atoms with E-state index in [9.17, 15) is 9.59 Å². The van der Waals surface area contributed by atoms with Crippen molar-refractivity contribution in [3.8, 4) is 0 Å². The molecule has 8 nitrogen and oxygen atoms in total. The lowest BCUT2D eigenvalue weighted by Gasteiger charge is -2.38. The number of amides is 1. The summed E-state index contributed by atoms with van der Waals surface area (Å²) in [5.41, 5.74) is -1.06. The number of carbonyl (C=O) groups is 2. The van der Waals surface area contributed by atoms with Crippen LogP contribution in [0, 0.1) is 0 Å². The van der Waals surface area contributed by atoms with Gasteiger partial charge in [-0.15, -0.1) is 5.10 Å². The van der Waals surface area contributed by atoms with Crippen molar-refractivity contribution in [2.45, 2.75) is 48.8 Å². The molecule has 9 heteroatoms. The molecule has 1 aromatic heterocycles. The number of carbonyl (C=O) groups excluding carboxylic acids is 1. The molecule has 1 heterocycles. The minimum Gasteiger partial charge on any atom is -0.480 e. The highest BCUT2D eigenvalue weighted by atomic mass is 32.2. The Morgan fingerprint density at radius 1 is 1.45 bits per heavy atom. The number of aromatic nitrogens is 4. The molecule has 1 aromatic rings. The van der Waals surface area contributed by atoms with Gasteiger partial charge in [0.2, 0.25) is 11.1 Å². The molecule has 0 spiro atoms. The predicted octanol–water partition coefficient (Wildman–Crippen LogP) is 0.224. The van der Waals surface area contributed by atoms with Gasteiger partial charge in [-0.1, -0.05) is 11.8 Å². The minimum absolute atomic E-state index is 0.127. The Balaban J connectivity index is 1.54. The minimum atomic E-state index is -1.06. The van der Waals surface area contributed by atoms with Crippen LogP contribution >= 0.6 is 11.8 Å². The van der Waals surface area contributed by atoms with Crippen molar-refractivity contribution in [2.75, 3.05) is 5.75 Å². The highest BCUT2D eigenvalue weighted by Gasteiger charge is 2.45. The van der Waals surface area contributed by atoms with Gasteiger partial charge in [0.25, 0.3) is 0 Å². The van der Waals surface area contributed by atoms with E-state index in [1.54, 1.807) is 4.68 Å². The molecule has 2 N–H and O–H groups in total. The van der Waals surface area contributed by atoms with Gasteiger partial charge in [0, 0.05) is 0 Å². The van der Waals surface area contributed by atoms with Crippen LogP contribution in [-0.4, -0.2) is 48.5 Å². The lowest BCUT2D eigenvalue weighted by atomic mass is 9.77. The number of nitrogens with one attached hydrogen (secondary N) is 1. The Morgan fingerprint density at radius 2 is 2.20 bits per heavy atom. The quantitative estimate of drug-likeness (QED) is 0.723. The molecule has 2 fully saturated rings. The molecular weight excluding hydrogens is 282 g/mol. The second-order valence-electron chi connectivity index (χ2n) is 5.21. The van der Waals surface area contributed by atoms with E-state index in [1.807, 2.05) is 0 Å². The summed E-state index contributed by atoms with van der Waals surface area (Å²) < 4.78 is 1.73. The van der Waals surface area contributed by atoms with Crippen LogP contribution in [0.5, 0.6) is 0 Å². The van der Waals surface area contributed by atoms with Crippen LogP contribution in [0.1, 0.15) is 38.1 Å². The summed E-state index contributed by atoms with van der Waals surface area (Å²) >= 11 is 1.24. The Kier molecular flexibility index (Phi) is 3.36. The maximum Gasteiger partial charge on any atom is 0.329 e. The number of rotatable bonds is 6. The Labute approximate surface area is 119 Å². The van der Waals surface area contributed by atoms with Gasteiger partial charge in [0.1, 0.15) is 5.54 Å². The third kappa shape index (κ3) is 2.49. The lowest BCUT2D eigenvalue weighted by Crippen LogP contribution is -2.59. The standard InChI is InChI=1S/C11H15N5O3S/c17-8(12-11(9(18)19)4-1-5-11)6-20-10-13-14-15-16(10)7-2-3-7/h7H,1-6H2,(H,12,17)(H,18,19). The van der Waals surface area contributed by atoms with Gasteiger partial charge in [-0.25, -0.2) is 9.48 Å². The maximum atomic E-state index is 11.9. The van der Waals surface area contributed by atoms with Crippen LogP contribution in [0.3, 0.4) is 0 Å². The van der Waals surface area contributed by atoms with Crippen LogP contribution in [0.25, 0.3) is 0 Å². The summed E-state index contributed by atoms with van der Waals surface area (Å²) in [6.07, 6.45) is 3.95. The Morgan fingerprint density at radius 3 is 2.75 bits per heavy atom. The van der Waals surface area contributed by atoms with E-state index in [1.165, 1.54) is 11.8 Å². The fourth-order valence-electron chi connectivity index (χ4n) is 2.18. The fraction of sp³-hybridized carbons (Fsp3) is 0.727. The number of thioether (sulfide) groups is 1. The molecule has 2 aliphatic rings. The molecule has 108 valence electrons. The smallest absolute Gasteiger partial charge is 0.329 e. The van der Waals surface area contributed by atoms with E-state index in [0.29, 0.717) is 24.0 Å². The van der Waals surface area contributed by atoms with Gasteiger partial charge < -0.3 is 10.4 Å². The third-order valence-electron chi connectivity index (χ3n) is 3.68. The summed E-state index contributed by atoms with van der Waals surface area (Å²) in [7, 11) is 0. The number of carboxylic acids is 1. The van der Waals surface area contributed by atoms with E-state index in [4.69, 9.17) is 5.11 Å². The van der Waals surface area contributed by atoms with E-state index in [2.05, 4.69) is 20.8 Å². The summed E-state index contributed by atoms with van der Waals surface area (Å²) in [4.78, 5) is 23.0. The monoisotopic (exact) mass is 297 g/mol. The highest BCUT2D eigenvalue weighted by Crippen LogP contribution is 2.36. The third-order valence-corrected chi connectivity index (χ3v) is 4.62. The van der Waals surface area contributed by atoms with Crippen molar-refractivity contribution in [2.24, 2.45) is 0 Å². The SMILES string of the molecule is O=C(CSc1nnnn1C1CC1)NC1(C(=O)O)CCC1. The van der Waals surface area contributed by atoms with E-state index in [0.717, 1.165) is 19.3 Å². The van der Waals surface area contributed by atoms with Crippen molar-refractivity contribution in [3.05, 3.63) is 0 Å². The molecular formula is C11H15N5O3S. The van der Waals surface area contributed by atoms with E-state index >= 15 is 0 Å². The molecule has 0 unspecified atom stereocenters. The molecule has 0 atom stereocenters. The molecule has 2 aliphatic carbocycles. The van der Waals surface area contributed by atoms with Gasteiger partial charge in [-0.05, 0) is 42.5 Å². The highest BCUT2D eigenvalue weighted by molar-refractivity contribution is 7.99. The van der Waals surface area contributed by atoms with Crippen LogP contribution < -0.4 is 5.32 Å². The molecule has 2 saturated carbocycles. The largest absolute Gasteiger partial charge is 0.480 e. The van der Waals surface area contributed by atoms with Crippen molar-refractivity contribution in [1.29, 1.82) is 0 Å². The van der Waals surface area contributed by atoms with E-state index < -0.39 is 11.5 Å². The molecule has 0 aromatic carbocycles. The number of carboxylic acid groups (broad SMARTS) is 1. The number of aliphatic carboxylic acids is 1. The molecule has 0 bridgehead atoms. The Bertz CT molecular complexity index is 538. The molecule has 3 rings (SSSR count). The zero-order chi connectivity index (χ0) is 14.2. The molecule has 1 amide bonds. The first-order chi connectivity index (χ1) is 9.61. The van der Waals surface area contributed by atoms with Gasteiger partial charge in [-0.2, -0.15) is 0 Å². The summed E-state index contributed by atoms with van der Waals surface area (Å²) in [5.74, 6) is -1.12. The van der Waals surface area contributed by atoms with Gasteiger partial charge in [0.05, 0.1) is 11.8 Å². The zero-order valence-corrected chi connectivity index (χ0v) is 11.6. The summed E-state index contributed by atoms with van der Waals surface area (Å²) in [5, 5.41) is 23.8. The maximum absolute atomic E-state index is 11.9. The van der Waals surface area contributed by atoms with Crippen LogP contribution in [-0.2, 0) is 9.59 Å². The number of tetrazole rings is 1. The molecule has 0 aliphatic heterocycles. The van der Waals surface area contributed by atoms with Crippen LogP contribution in [0.4, 0.5) is 0 Å². The average molecular weight is 297 g/mol. The van der Waals surface area contributed by atoms with Crippen molar-refractivity contribution >= 4 is 23.6 Å². The van der Waals surface area contributed by atoms with Crippen molar-refractivity contribution in [1.82, 2.24) is 25.5 Å². The van der Waals surface area contributed by atoms with Crippen LogP contribution in [0.2, 0.25) is 0 Å². The zero-order valence-electron chi connectivity index (χ0n) is 10.8. The summed E-state index contributed by atoms with van der Waals surface area (Å²) in [6.45, 7) is 0. The van der Waals surface area contributed by atoms with Crippen molar-refractivity contribution < 1.29 is 14.7 Å². The molecule has 0 radical (unpaired) electrons.